The molecule has 176 valence electrons. The maximum Gasteiger partial charge on any atom is 0.490 e. The quantitative estimate of drug-likeness (QED) is 0.589. The lowest BCUT2D eigenvalue weighted by Gasteiger charge is -2.46. The van der Waals surface area contributed by atoms with E-state index in [0.29, 0.717) is 18.0 Å². The van der Waals surface area contributed by atoms with Gasteiger partial charge in [-0.15, -0.1) is 10.2 Å². The molecule has 3 aromatic rings. The van der Waals surface area contributed by atoms with Gasteiger partial charge in [-0.25, -0.2) is 4.79 Å². The number of carboxylic acids is 1. The molecule has 7 nitrogen and oxygen atoms in total. The molecule has 5 rings (SSSR count). The van der Waals surface area contributed by atoms with Crippen molar-refractivity contribution in [2.75, 3.05) is 7.05 Å². The second-order valence-electron chi connectivity index (χ2n) is 8.45. The van der Waals surface area contributed by atoms with E-state index in [2.05, 4.69) is 51.4 Å². The molecule has 0 aliphatic carbocycles. The number of H-pyrrole nitrogens is 1. The zero-order chi connectivity index (χ0) is 23.6. The lowest BCUT2D eigenvalue weighted by Crippen LogP contribution is -2.52. The van der Waals surface area contributed by atoms with E-state index in [1.54, 1.807) is 0 Å². The highest BCUT2D eigenvalue weighted by Gasteiger charge is 2.38. The second-order valence-corrected chi connectivity index (χ2v) is 8.45. The van der Waals surface area contributed by atoms with Crippen molar-refractivity contribution < 1.29 is 27.8 Å². The van der Waals surface area contributed by atoms with Crippen LogP contribution in [0.5, 0.6) is 5.88 Å². The number of fused-ring (bicyclic) bond motifs is 3. The molecule has 2 saturated heterocycles. The van der Waals surface area contributed by atoms with Crippen LogP contribution >= 0.6 is 0 Å². The maximum atomic E-state index is 10.6. The molecule has 2 N–H and O–H groups in total. The molecular weight excluding hydrogens is 437 g/mol. The summed E-state index contributed by atoms with van der Waals surface area (Å²) in [5.74, 6) is -2.11. The van der Waals surface area contributed by atoms with Crippen LogP contribution in [0.1, 0.15) is 32.1 Å². The number of nitrogens with one attached hydrogen (secondary N) is 1. The first-order valence-electron chi connectivity index (χ1n) is 10.8. The molecule has 4 heterocycles. The van der Waals surface area contributed by atoms with Crippen LogP contribution in [0.4, 0.5) is 13.2 Å². The van der Waals surface area contributed by atoms with E-state index in [1.165, 1.54) is 24.6 Å². The van der Waals surface area contributed by atoms with Gasteiger partial charge in [0, 0.05) is 40.8 Å². The van der Waals surface area contributed by atoms with E-state index in [-0.39, 0.29) is 6.10 Å². The van der Waals surface area contributed by atoms with Crippen molar-refractivity contribution in [3.63, 3.8) is 0 Å². The largest absolute Gasteiger partial charge is 0.490 e. The number of nitrogens with zero attached hydrogens (tertiary/aromatic N) is 3. The average molecular weight is 462 g/mol. The smallest absolute Gasteiger partial charge is 0.475 e. The number of hydrogen-bond acceptors (Lipinski definition) is 5. The molecular formula is C23H25F3N4O3. The molecule has 2 fully saturated rings. The number of carbonyl (C=O) groups is 1. The van der Waals surface area contributed by atoms with E-state index < -0.39 is 12.1 Å². The van der Waals surface area contributed by atoms with Gasteiger partial charge in [-0.2, -0.15) is 13.2 Å². The summed E-state index contributed by atoms with van der Waals surface area (Å²) in [5.41, 5.74) is 3.08. The van der Waals surface area contributed by atoms with Crippen molar-refractivity contribution >= 4 is 16.9 Å². The first-order chi connectivity index (χ1) is 15.7. The standard InChI is InChI=1S/C21H24N4O.C2HF3O2/c1-25-16-3-2-4-17(25)13-18(12-16)26-21-8-7-20(23-24-21)14-5-6-19-15(11-14)9-10-22-19;3-2(4,5)1(6)7/h5-11,16-18,22H,2-4,12-13H2,1H3;(H,6,7). The van der Waals surface area contributed by atoms with Gasteiger partial charge in [-0.05, 0) is 57.0 Å². The third-order valence-electron chi connectivity index (χ3n) is 6.32. The van der Waals surface area contributed by atoms with Gasteiger partial charge in [0.2, 0.25) is 5.88 Å². The Bertz CT molecular complexity index is 1090. The number of aromatic amines is 1. The summed E-state index contributed by atoms with van der Waals surface area (Å²) in [6.07, 6.45) is 3.26. The Morgan fingerprint density at radius 2 is 1.82 bits per heavy atom. The fraction of sp³-hybridized carbons (Fsp3) is 0.435. The summed E-state index contributed by atoms with van der Waals surface area (Å²) in [7, 11) is 2.26. The Morgan fingerprint density at radius 3 is 2.42 bits per heavy atom. The van der Waals surface area contributed by atoms with Crippen molar-refractivity contribution in [1.29, 1.82) is 0 Å². The van der Waals surface area contributed by atoms with Crippen LogP contribution in [-0.4, -0.2) is 62.6 Å². The van der Waals surface area contributed by atoms with Crippen LogP contribution in [-0.2, 0) is 4.79 Å². The van der Waals surface area contributed by atoms with Crippen molar-refractivity contribution in [2.45, 2.75) is 56.5 Å². The predicted octanol–water partition coefficient (Wildman–Crippen LogP) is 4.65. The van der Waals surface area contributed by atoms with E-state index >= 15 is 0 Å². The highest BCUT2D eigenvalue weighted by molar-refractivity contribution is 5.84. The third-order valence-corrected chi connectivity index (χ3v) is 6.32. The Hall–Kier alpha value is -3.14. The highest BCUT2D eigenvalue weighted by Crippen LogP contribution is 2.34. The summed E-state index contributed by atoms with van der Waals surface area (Å²) in [4.78, 5) is 14.7. The summed E-state index contributed by atoms with van der Waals surface area (Å²) < 4.78 is 37.9. The maximum absolute atomic E-state index is 10.6. The van der Waals surface area contributed by atoms with Gasteiger partial charge in [0.1, 0.15) is 6.10 Å². The van der Waals surface area contributed by atoms with Crippen LogP contribution in [0.2, 0.25) is 0 Å². The number of halogens is 3. The number of ether oxygens (including phenoxy) is 1. The topological polar surface area (TPSA) is 91.3 Å². The monoisotopic (exact) mass is 462 g/mol. The zero-order valence-corrected chi connectivity index (χ0v) is 18.0. The normalized spacial score (nSPS) is 23.0. The molecule has 10 heteroatoms. The highest BCUT2D eigenvalue weighted by atomic mass is 19.4. The Labute approximate surface area is 188 Å². The molecule has 2 unspecified atom stereocenters. The van der Waals surface area contributed by atoms with Crippen molar-refractivity contribution in [3.8, 4) is 17.1 Å². The number of benzene rings is 1. The average Bonchev–Trinajstić information content (AvgIpc) is 3.23. The lowest BCUT2D eigenvalue weighted by atomic mass is 9.83. The second kappa shape index (κ2) is 9.38. The Balaban J connectivity index is 0.000000325. The molecule has 0 saturated carbocycles. The van der Waals surface area contributed by atoms with Gasteiger partial charge < -0.3 is 19.7 Å². The van der Waals surface area contributed by atoms with Crippen molar-refractivity contribution in [1.82, 2.24) is 20.1 Å². The minimum Gasteiger partial charge on any atom is -0.475 e. The molecule has 2 aliphatic rings. The number of rotatable bonds is 3. The van der Waals surface area contributed by atoms with E-state index in [4.69, 9.17) is 14.6 Å². The fourth-order valence-electron chi connectivity index (χ4n) is 4.58. The van der Waals surface area contributed by atoms with Crippen LogP contribution in [0.15, 0.2) is 42.6 Å². The van der Waals surface area contributed by atoms with Gasteiger partial charge >= 0.3 is 12.1 Å². The summed E-state index contributed by atoms with van der Waals surface area (Å²) in [5, 5.41) is 17.0. The van der Waals surface area contributed by atoms with E-state index in [1.807, 2.05) is 18.3 Å². The molecule has 0 amide bonds. The molecule has 0 radical (unpaired) electrons. The summed E-state index contributed by atoms with van der Waals surface area (Å²) in [6.45, 7) is 0. The number of aliphatic carboxylic acids is 1. The summed E-state index contributed by atoms with van der Waals surface area (Å²) >= 11 is 0. The van der Waals surface area contributed by atoms with Crippen LogP contribution in [0.25, 0.3) is 22.2 Å². The molecule has 1 aromatic carbocycles. The van der Waals surface area contributed by atoms with Gasteiger partial charge in [-0.1, -0.05) is 12.5 Å². The number of piperidine rings is 2. The molecule has 2 aliphatic heterocycles. The van der Waals surface area contributed by atoms with Crippen LogP contribution < -0.4 is 4.74 Å². The lowest BCUT2D eigenvalue weighted by molar-refractivity contribution is -0.192. The first-order valence-corrected chi connectivity index (χ1v) is 10.8. The van der Waals surface area contributed by atoms with Crippen LogP contribution in [0.3, 0.4) is 0 Å². The number of carboxylic acid groups (broad SMARTS) is 1. The molecule has 2 aromatic heterocycles. The number of aromatic nitrogens is 3. The first kappa shape index (κ1) is 23.0. The van der Waals surface area contributed by atoms with Crippen molar-refractivity contribution in [2.24, 2.45) is 0 Å². The Morgan fingerprint density at radius 1 is 1.12 bits per heavy atom. The SMILES string of the molecule is CN1C2CCCC1CC(Oc1ccc(-c3ccc4[nH]ccc4c3)nn1)C2.O=C(O)C(F)(F)F. The van der Waals surface area contributed by atoms with Crippen molar-refractivity contribution in [3.05, 3.63) is 42.6 Å². The van der Waals surface area contributed by atoms with Crippen LogP contribution in [0, 0.1) is 0 Å². The van der Waals surface area contributed by atoms with Gasteiger partial charge in [0.15, 0.2) is 0 Å². The minimum atomic E-state index is -5.08. The van der Waals surface area contributed by atoms with E-state index in [0.717, 1.165) is 29.6 Å². The summed E-state index contributed by atoms with van der Waals surface area (Å²) in [6, 6.07) is 13.6. The van der Waals surface area contributed by atoms with Gasteiger partial charge in [0.05, 0.1) is 5.69 Å². The Kier molecular flexibility index (Phi) is 6.55. The minimum absolute atomic E-state index is 0.262. The molecule has 2 atom stereocenters. The van der Waals surface area contributed by atoms with E-state index in [9.17, 15) is 13.2 Å². The molecule has 33 heavy (non-hydrogen) atoms. The fourth-order valence-corrected chi connectivity index (χ4v) is 4.58. The third kappa shape index (κ3) is 5.44. The van der Waals surface area contributed by atoms with Gasteiger partial charge in [0.25, 0.3) is 0 Å². The van der Waals surface area contributed by atoms with Gasteiger partial charge in [-0.3, -0.25) is 0 Å². The number of hydrogen-bond donors (Lipinski definition) is 2. The predicted molar refractivity (Wildman–Crippen MR) is 116 cm³/mol. The molecule has 0 spiro atoms. The molecule has 2 bridgehead atoms. The zero-order valence-electron chi connectivity index (χ0n) is 18.0. The number of alkyl halides is 3.